The van der Waals surface area contributed by atoms with Crippen molar-refractivity contribution in [2.75, 3.05) is 11.4 Å². The zero-order valence-corrected chi connectivity index (χ0v) is 13.0. The number of hydrogen-bond donors (Lipinski definition) is 0. The highest BCUT2D eigenvalue weighted by atomic mass is 16.5. The van der Waals surface area contributed by atoms with Crippen molar-refractivity contribution in [1.29, 1.82) is 5.26 Å². The van der Waals surface area contributed by atoms with Gasteiger partial charge < -0.3 is 9.64 Å². The van der Waals surface area contributed by atoms with Crippen molar-refractivity contribution < 1.29 is 9.53 Å². The van der Waals surface area contributed by atoms with Crippen molar-refractivity contribution in [3.05, 3.63) is 23.8 Å². The van der Waals surface area contributed by atoms with E-state index in [1.165, 1.54) is 0 Å². The molecule has 4 nitrogen and oxygen atoms in total. The number of anilines is 1. The molecule has 0 aliphatic carbocycles. The smallest absolute Gasteiger partial charge is 0.271 e. The second-order valence-corrected chi connectivity index (χ2v) is 5.49. The van der Waals surface area contributed by atoms with E-state index in [4.69, 9.17) is 10.00 Å². The average Bonchev–Trinajstić information content (AvgIpc) is 2.49. The van der Waals surface area contributed by atoms with E-state index in [0.717, 1.165) is 17.0 Å². The van der Waals surface area contributed by atoms with Gasteiger partial charge >= 0.3 is 0 Å². The van der Waals surface area contributed by atoms with Crippen LogP contribution in [0.15, 0.2) is 18.2 Å². The number of ether oxygens (including phenoxy) is 1. The van der Waals surface area contributed by atoms with Crippen LogP contribution >= 0.6 is 0 Å². The van der Waals surface area contributed by atoms with Crippen molar-refractivity contribution in [3.63, 3.8) is 0 Å². The molecule has 0 bridgehead atoms. The van der Waals surface area contributed by atoms with Gasteiger partial charge in [-0.15, -0.1) is 0 Å². The van der Waals surface area contributed by atoms with Gasteiger partial charge in [-0.05, 0) is 43.9 Å². The summed E-state index contributed by atoms with van der Waals surface area (Å²) in [5.41, 5.74) is 1.16. The van der Waals surface area contributed by atoms with E-state index in [-0.39, 0.29) is 5.91 Å². The van der Waals surface area contributed by atoms with Crippen LogP contribution in [0.1, 0.15) is 45.1 Å². The maximum atomic E-state index is 12.9. The van der Waals surface area contributed by atoms with E-state index < -0.39 is 5.60 Å². The van der Waals surface area contributed by atoms with Crippen LogP contribution in [-0.4, -0.2) is 18.1 Å². The van der Waals surface area contributed by atoms with Gasteiger partial charge in [0.2, 0.25) is 0 Å². The summed E-state index contributed by atoms with van der Waals surface area (Å²) in [6.45, 7) is 6.54. The first kappa shape index (κ1) is 15.4. The molecule has 1 aromatic carbocycles. The topological polar surface area (TPSA) is 53.3 Å². The predicted molar refractivity (Wildman–Crippen MR) is 82.3 cm³/mol. The minimum atomic E-state index is -0.770. The molecule has 1 aromatic rings. The Bertz CT molecular complexity index is 571. The average molecular weight is 286 g/mol. The number of fused-ring (bicyclic) bond motifs is 1. The monoisotopic (exact) mass is 286 g/mol. The summed E-state index contributed by atoms with van der Waals surface area (Å²) in [6.07, 6.45) is 2.42. The molecule has 21 heavy (non-hydrogen) atoms. The molecule has 1 aliphatic rings. The fraction of sp³-hybridized carbons (Fsp3) is 0.529. The normalized spacial score (nSPS) is 16.1. The van der Waals surface area contributed by atoms with E-state index >= 15 is 0 Å². The third kappa shape index (κ3) is 2.73. The number of carbonyl (C=O) groups is 1. The summed E-state index contributed by atoms with van der Waals surface area (Å²) in [6, 6.07) is 8.04. The third-order valence-electron chi connectivity index (χ3n) is 4.16. The first-order chi connectivity index (χ1) is 10.1. The molecule has 1 heterocycles. The minimum Gasteiger partial charge on any atom is -0.475 e. The van der Waals surface area contributed by atoms with E-state index in [1.54, 1.807) is 4.90 Å². The van der Waals surface area contributed by atoms with Gasteiger partial charge in [-0.3, -0.25) is 4.79 Å². The summed E-state index contributed by atoms with van der Waals surface area (Å²) in [5, 5.41) is 8.71. The van der Waals surface area contributed by atoms with Gasteiger partial charge in [-0.1, -0.05) is 19.9 Å². The number of aryl methyl sites for hydroxylation is 1. The van der Waals surface area contributed by atoms with Gasteiger partial charge in [0, 0.05) is 13.0 Å². The first-order valence-corrected chi connectivity index (χ1v) is 7.56. The van der Waals surface area contributed by atoms with Crippen molar-refractivity contribution >= 4 is 11.6 Å². The van der Waals surface area contributed by atoms with Crippen LogP contribution < -0.4 is 9.64 Å². The van der Waals surface area contributed by atoms with E-state index in [1.807, 2.05) is 39.0 Å². The lowest BCUT2D eigenvalue weighted by Crippen LogP contribution is -2.55. The molecule has 1 aliphatic heterocycles. The molecule has 2 rings (SSSR count). The lowest BCUT2D eigenvalue weighted by atomic mass is 9.92. The Morgan fingerprint density at radius 1 is 1.33 bits per heavy atom. The second-order valence-electron chi connectivity index (χ2n) is 5.49. The molecule has 0 N–H and O–H groups in total. The van der Waals surface area contributed by atoms with Crippen molar-refractivity contribution in [2.24, 2.45) is 0 Å². The zero-order chi connectivity index (χ0) is 15.5. The van der Waals surface area contributed by atoms with E-state index in [0.29, 0.717) is 32.2 Å². The Morgan fingerprint density at radius 3 is 2.67 bits per heavy atom. The largest absolute Gasteiger partial charge is 0.475 e. The minimum absolute atomic E-state index is 0.0155. The second kappa shape index (κ2) is 6.17. The molecular formula is C17H22N2O2. The van der Waals surface area contributed by atoms with Gasteiger partial charge in [-0.2, -0.15) is 5.26 Å². The summed E-state index contributed by atoms with van der Waals surface area (Å²) >= 11 is 0. The molecule has 0 spiro atoms. The number of rotatable bonds is 5. The highest BCUT2D eigenvalue weighted by molar-refractivity contribution is 6.02. The number of unbranched alkanes of at least 4 members (excludes halogenated alkanes) is 1. The van der Waals surface area contributed by atoms with Crippen LogP contribution in [0, 0.1) is 18.3 Å². The van der Waals surface area contributed by atoms with E-state index in [2.05, 4.69) is 6.07 Å². The van der Waals surface area contributed by atoms with Gasteiger partial charge in [0.25, 0.3) is 5.91 Å². The van der Waals surface area contributed by atoms with Gasteiger partial charge in [0.1, 0.15) is 5.75 Å². The van der Waals surface area contributed by atoms with Crippen molar-refractivity contribution in [1.82, 2.24) is 0 Å². The van der Waals surface area contributed by atoms with Crippen molar-refractivity contribution in [3.8, 4) is 11.8 Å². The number of nitriles is 1. The summed E-state index contributed by atoms with van der Waals surface area (Å²) in [7, 11) is 0. The maximum absolute atomic E-state index is 12.9. The van der Waals surface area contributed by atoms with Gasteiger partial charge in [0.05, 0.1) is 11.8 Å². The Hall–Kier alpha value is -2.02. The summed E-state index contributed by atoms with van der Waals surface area (Å²) in [4.78, 5) is 14.7. The predicted octanol–water partition coefficient (Wildman–Crippen LogP) is 3.58. The fourth-order valence-corrected chi connectivity index (χ4v) is 2.77. The molecule has 1 amide bonds. The number of benzene rings is 1. The van der Waals surface area contributed by atoms with Crippen LogP contribution in [-0.2, 0) is 4.79 Å². The molecular weight excluding hydrogens is 264 g/mol. The fourth-order valence-electron chi connectivity index (χ4n) is 2.77. The molecule has 0 aromatic heterocycles. The highest BCUT2D eigenvalue weighted by Crippen LogP contribution is 2.41. The number of amides is 1. The number of carbonyl (C=O) groups excluding carboxylic acids is 1. The van der Waals surface area contributed by atoms with Gasteiger partial charge in [0.15, 0.2) is 5.60 Å². The maximum Gasteiger partial charge on any atom is 0.271 e. The van der Waals surface area contributed by atoms with E-state index in [9.17, 15) is 4.79 Å². The van der Waals surface area contributed by atoms with Crippen LogP contribution in [0.3, 0.4) is 0 Å². The molecule has 0 unspecified atom stereocenters. The van der Waals surface area contributed by atoms with Gasteiger partial charge in [-0.25, -0.2) is 0 Å². The molecule has 112 valence electrons. The molecule has 0 saturated heterocycles. The Balaban J connectivity index is 2.42. The lowest BCUT2D eigenvalue weighted by molar-refractivity contribution is -0.136. The molecule has 0 atom stereocenters. The first-order valence-electron chi connectivity index (χ1n) is 7.56. The number of hydrogen-bond acceptors (Lipinski definition) is 3. The van der Waals surface area contributed by atoms with Crippen molar-refractivity contribution in [2.45, 2.75) is 52.1 Å². The summed E-state index contributed by atoms with van der Waals surface area (Å²) in [5.74, 6) is 0.789. The number of nitrogens with zero attached hydrogens (tertiary/aromatic N) is 2. The van der Waals surface area contributed by atoms with Crippen LogP contribution in [0.5, 0.6) is 5.75 Å². The Morgan fingerprint density at radius 2 is 2.05 bits per heavy atom. The quantitative estimate of drug-likeness (QED) is 0.777. The SMILES string of the molecule is CCC1(CC)Oc2cc(C)ccc2N(CCCC#N)C1=O. The molecule has 4 heteroatoms. The molecule has 0 fully saturated rings. The standard InChI is InChI=1S/C17H22N2O2/c1-4-17(5-2)16(20)19(11-7-6-10-18)14-9-8-13(3)12-15(14)21-17/h8-9,12H,4-7,11H2,1-3H3. The Labute approximate surface area is 126 Å². The van der Waals surface area contributed by atoms with Crippen LogP contribution in [0.2, 0.25) is 0 Å². The van der Waals surface area contributed by atoms with Crippen LogP contribution in [0.25, 0.3) is 0 Å². The Kier molecular flexibility index (Phi) is 4.52. The molecule has 0 saturated carbocycles. The zero-order valence-electron chi connectivity index (χ0n) is 13.0. The lowest BCUT2D eigenvalue weighted by Gasteiger charge is -2.42. The third-order valence-corrected chi connectivity index (χ3v) is 4.16. The van der Waals surface area contributed by atoms with Crippen LogP contribution in [0.4, 0.5) is 5.69 Å². The summed E-state index contributed by atoms with van der Waals surface area (Å²) < 4.78 is 6.09. The highest BCUT2D eigenvalue weighted by Gasteiger charge is 2.45. The molecule has 0 radical (unpaired) electrons.